The Morgan fingerprint density at radius 2 is 2.08 bits per heavy atom. The predicted octanol–water partition coefficient (Wildman–Crippen LogP) is 4.49. The second-order valence-corrected chi connectivity index (χ2v) is 11.2. The summed E-state index contributed by atoms with van der Waals surface area (Å²) in [5.74, 6) is -2.14. The summed E-state index contributed by atoms with van der Waals surface area (Å²) in [6.45, 7) is 2.95. The van der Waals surface area contributed by atoms with Crippen LogP contribution >= 0.6 is 11.3 Å². The molecule has 1 aliphatic heterocycles. The maximum Gasteiger partial charge on any atom is 0.278 e. The number of fused-ring (bicyclic) bond motifs is 2. The summed E-state index contributed by atoms with van der Waals surface area (Å²) < 4.78 is 33.3. The Labute approximate surface area is 213 Å². The minimum atomic E-state index is -2.85. The molecule has 1 fully saturated rings. The highest BCUT2D eigenvalue weighted by molar-refractivity contribution is 7.13. The van der Waals surface area contributed by atoms with Crippen LogP contribution in [0.5, 0.6) is 5.19 Å². The molecule has 2 aliphatic rings. The van der Waals surface area contributed by atoms with E-state index in [4.69, 9.17) is 4.74 Å². The Kier molecular flexibility index (Phi) is 7.52. The molecular weight excluding hydrogens is 484 g/mol. The van der Waals surface area contributed by atoms with E-state index in [-0.39, 0.29) is 11.9 Å². The summed E-state index contributed by atoms with van der Waals surface area (Å²) in [4.78, 5) is 25.1. The topological polar surface area (TPSA) is 71.8 Å². The molecule has 7 nitrogen and oxygen atoms in total. The number of thiazole rings is 1. The van der Waals surface area contributed by atoms with Gasteiger partial charge in [0.25, 0.3) is 11.1 Å². The maximum atomic E-state index is 13.1. The predicted molar refractivity (Wildman–Crippen MR) is 135 cm³/mol. The first-order valence-corrected chi connectivity index (χ1v) is 13.6. The van der Waals surface area contributed by atoms with Crippen molar-refractivity contribution in [2.75, 3.05) is 19.7 Å². The zero-order valence-electron chi connectivity index (χ0n) is 20.6. The smallest absolute Gasteiger partial charge is 0.278 e. The number of nitrogens with zero attached hydrogens (tertiary/aromatic N) is 4. The minimum Gasteiger partial charge on any atom is -0.464 e. The van der Waals surface area contributed by atoms with Crippen molar-refractivity contribution < 1.29 is 18.3 Å². The molecule has 3 aromatic rings. The third-order valence-electron chi connectivity index (χ3n) is 7.06. The number of carbonyl (C=O) groups is 1. The zero-order valence-corrected chi connectivity index (χ0v) is 21.4. The van der Waals surface area contributed by atoms with Gasteiger partial charge in [-0.3, -0.25) is 9.69 Å². The van der Waals surface area contributed by atoms with E-state index in [2.05, 4.69) is 20.2 Å². The molecule has 10 heteroatoms. The van der Waals surface area contributed by atoms with Crippen molar-refractivity contribution in [3.63, 3.8) is 0 Å². The maximum absolute atomic E-state index is 13.1. The van der Waals surface area contributed by atoms with Crippen LogP contribution in [0.2, 0.25) is 0 Å². The first-order valence-electron chi connectivity index (χ1n) is 12.7. The van der Waals surface area contributed by atoms with Gasteiger partial charge in [-0.15, -0.1) is 0 Å². The van der Waals surface area contributed by atoms with Crippen LogP contribution in [0.1, 0.15) is 55.3 Å². The Morgan fingerprint density at radius 1 is 1.25 bits per heavy atom. The highest BCUT2D eigenvalue weighted by Crippen LogP contribution is 2.32. The van der Waals surface area contributed by atoms with Gasteiger partial charge in [-0.1, -0.05) is 17.4 Å². The van der Waals surface area contributed by atoms with Gasteiger partial charge in [0.2, 0.25) is 5.91 Å². The number of carbonyl (C=O) groups excluding carboxylic acids is 1. The van der Waals surface area contributed by atoms with Gasteiger partial charge in [0.1, 0.15) is 5.65 Å². The van der Waals surface area contributed by atoms with Gasteiger partial charge < -0.3 is 14.5 Å². The molecular formula is C26H33F2N5O2S. The van der Waals surface area contributed by atoms with Gasteiger partial charge in [0.15, 0.2) is 6.61 Å². The van der Waals surface area contributed by atoms with E-state index in [0.29, 0.717) is 17.5 Å². The summed E-state index contributed by atoms with van der Waals surface area (Å²) in [6, 6.07) is 6.07. The lowest BCUT2D eigenvalue weighted by atomic mass is 9.84. The van der Waals surface area contributed by atoms with Crippen LogP contribution in [0, 0.1) is 5.92 Å². The molecule has 1 saturated carbocycles. The number of amides is 1. The lowest BCUT2D eigenvalue weighted by Gasteiger charge is -2.32. The molecule has 0 spiro atoms. The number of rotatable bonds is 9. The summed E-state index contributed by atoms with van der Waals surface area (Å²) in [7, 11) is 0. The van der Waals surface area contributed by atoms with E-state index in [1.165, 1.54) is 11.3 Å². The highest BCUT2D eigenvalue weighted by Gasteiger charge is 2.27. The molecule has 4 heterocycles. The number of imidazole rings is 1. The molecule has 0 saturated heterocycles. The Hall–Kier alpha value is -2.59. The van der Waals surface area contributed by atoms with Gasteiger partial charge in [0, 0.05) is 43.3 Å². The number of aromatic nitrogens is 3. The number of alkyl halides is 2. The minimum absolute atomic E-state index is 0.0419. The summed E-state index contributed by atoms with van der Waals surface area (Å²) in [5.41, 5.74) is 2.62. The van der Waals surface area contributed by atoms with Crippen molar-refractivity contribution in [1.29, 1.82) is 0 Å². The molecule has 5 rings (SSSR count). The lowest BCUT2D eigenvalue weighted by molar-refractivity contribution is -0.121. The fraction of sp³-hybridized carbons (Fsp3) is 0.577. The third kappa shape index (κ3) is 6.59. The van der Waals surface area contributed by atoms with Gasteiger partial charge >= 0.3 is 0 Å². The van der Waals surface area contributed by atoms with Gasteiger partial charge in [-0.25, -0.2) is 18.7 Å². The molecule has 0 unspecified atom stereocenters. The van der Waals surface area contributed by atoms with Crippen molar-refractivity contribution in [2.45, 2.75) is 70.4 Å². The second-order valence-electron chi connectivity index (χ2n) is 10.2. The monoisotopic (exact) mass is 517 g/mol. The number of hydrogen-bond donors (Lipinski definition) is 1. The van der Waals surface area contributed by atoms with Crippen molar-refractivity contribution in [3.05, 3.63) is 46.9 Å². The fourth-order valence-electron chi connectivity index (χ4n) is 5.15. The average molecular weight is 518 g/mol. The first kappa shape index (κ1) is 25.1. The van der Waals surface area contributed by atoms with Crippen molar-refractivity contribution in [1.82, 2.24) is 24.6 Å². The molecule has 0 atom stereocenters. The van der Waals surface area contributed by atoms with Crippen LogP contribution in [0.25, 0.3) is 5.65 Å². The van der Waals surface area contributed by atoms with E-state index >= 15 is 0 Å². The van der Waals surface area contributed by atoms with E-state index in [9.17, 15) is 13.6 Å². The molecule has 1 amide bonds. The second kappa shape index (κ2) is 10.8. The SMILES string of the molecule is CC(F)(F)COc1nc2c(s1)CCN(CC[C@H]1CC[C@H](NC(=O)Cc3cn4ccccc4n3)CC1)C2. The van der Waals surface area contributed by atoms with Crippen LogP contribution < -0.4 is 10.1 Å². The molecule has 0 aromatic carbocycles. The quantitative estimate of drug-likeness (QED) is 0.453. The standard InChI is InChI=1S/C26H33F2N5O2S/c1-26(27,28)17-35-25-31-21-16-32(13-10-22(21)36-25)12-9-18-5-7-19(8-6-18)30-24(34)14-20-15-33-11-3-2-4-23(33)29-20/h2-4,11,15,18-19H,5-10,12-14,16-17H2,1H3,(H,30,34)/t18-,19-. The molecule has 1 aliphatic carbocycles. The van der Waals surface area contributed by atoms with E-state index in [1.807, 2.05) is 35.0 Å². The average Bonchev–Trinajstić information content (AvgIpc) is 3.44. The summed E-state index contributed by atoms with van der Waals surface area (Å²) in [6.07, 6.45) is 10.5. The lowest BCUT2D eigenvalue weighted by Crippen LogP contribution is -2.39. The first-order chi connectivity index (χ1) is 17.3. The molecule has 194 valence electrons. The summed E-state index contributed by atoms with van der Waals surface area (Å²) in [5, 5.41) is 3.56. The fourth-order valence-corrected chi connectivity index (χ4v) is 6.05. The molecule has 36 heavy (non-hydrogen) atoms. The van der Waals surface area contributed by atoms with Gasteiger partial charge in [-0.2, -0.15) is 0 Å². The van der Waals surface area contributed by atoms with Crippen LogP contribution in [0.15, 0.2) is 30.6 Å². The third-order valence-corrected chi connectivity index (χ3v) is 8.13. The van der Waals surface area contributed by atoms with Crippen LogP contribution in [-0.4, -0.2) is 56.8 Å². The van der Waals surface area contributed by atoms with Crippen LogP contribution in [0.4, 0.5) is 8.78 Å². The molecule has 0 bridgehead atoms. The van der Waals surface area contributed by atoms with E-state index in [0.717, 1.165) is 87.0 Å². The van der Waals surface area contributed by atoms with Gasteiger partial charge in [0.05, 0.1) is 17.8 Å². The molecule has 1 N–H and O–H groups in total. The number of halogens is 2. The van der Waals surface area contributed by atoms with Crippen LogP contribution in [0.3, 0.4) is 0 Å². The number of nitrogens with one attached hydrogen (secondary N) is 1. The van der Waals surface area contributed by atoms with Crippen LogP contribution in [-0.2, 0) is 24.2 Å². The van der Waals surface area contributed by atoms with Gasteiger partial charge in [-0.05, 0) is 63.1 Å². The number of hydrogen-bond acceptors (Lipinski definition) is 6. The number of pyridine rings is 1. The number of ether oxygens (including phenoxy) is 1. The van der Waals surface area contributed by atoms with Crippen molar-refractivity contribution in [2.24, 2.45) is 5.92 Å². The Bertz CT molecular complexity index is 1150. The summed E-state index contributed by atoms with van der Waals surface area (Å²) >= 11 is 1.40. The van der Waals surface area contributed by atoms with E-state index < -0.39 is 12.5 Å². The highest BCUT2D eigenvalue weighted by atomic mass is 32.1. The van der Waals surface area contributed by atoms with E-state index in [1.54, 1.807) is 0 Å². The molecule has 0 radical (unpaired) electrons. The molecule has 3 aromatic heterocycles. The normalized spacial score (nSPS) is 20.9. The Balaban J connectivity index is 1.01. The Morgan fingerprint density at radius 3 is 2.86 bits per heavy atom. The van der Waals surface area contributed by atoms with Crippen molar-refractivity contribution >= 4 is 22.9 Å². The van der Waals surface area contributed by atoms with Crippen molar-refractivity contribution in [3.8, 4) is 5.19 Å². The largest absolute Gasteiger partial charge is 0.464 e. The zero-order chi connectivity index (χ0) is 25.1.